The minimum absolute atomic E-state index is 0.0394. The van der Waals surface area contributed by atoms with E-state index >= 15 is 0 Å². The summed E-state index contributed by atoms with van der Waals surface area (Å²) in [6.45, 7) is 3.80. The highest BCUT2D eigenvalue weighted by Crippen LogP contribution is 2.17. The smallest absolute Gasteiger partial charge is 0.303 e. The fourth-order valence-electron chi connectivity index (χ4n) is 1.16. The lowest BCUT2D eigenvalue weighted by atomic mass is 9.98. The maximum absolute atomic E-state index is 10.5. The van der Waals surface area contributed by atoms with E-state index in [1.807, 2.05) is 26.0 Å². The van der Waals surface area contributed by atoms with Crippen LogP contribution in [0.15, 0.2) is 28.4 Å². The summed E-state index contributed by atoms with van der Waals surface area (Å²) in [5.74, 6) is 0.0297. The molecule has 3 nitrogen and oxygen atoms in total. The van der Waals surface area contributed by atoms with Gasteiger partial charge < -0.3 is 9.52 Å². The minimum Gasteiger partial charge on any atom is -0.481 e. The summed E-state index contributed by atoms with van der Waals surface area (Å²) in [6.07, 6.45) is 3.62. The second-order valence-corrected chi connectivity index (χ2v) is 3.40. The first kappa shape index (κ1) is 10.6. The number of rotatable bonds is 4. The molecule has 0 fully saturated rings. The van der Waals surface area contributed by atoms with E-state index in [1.54, 1.807) is 12.3 Å². The van der Waals surface area contributed by atoms with E-state index in [9.17, 15) is 4.79 Å². The molecule has 1 heterocycles. The van der Waals surface area contributed by atoms with Gasteiger partial charge in [-0.25, -0.2) is 0 Å². The summed E-state index contributed by atoms with van der Waals surface area (Å²) in [5, 5.41) is 8.61. The Hall–Kier alpha value is -1.51. The van der Waals surface area contributed by atoms with Gasteiger partial charge in [-0.2, -0.15) is 0 Å². The fraction of sp³-hybridized carbons (Fsp3) is 0.364. The first-order chi connectivity index (χ1) is 6.59. The second-order valence-electron chi connectivity index (χ2n) is 3.40. The van der Waals surface area contributed by atoms with Crippen molar-refractivity contribution in [2.45, 2.75) is 20.3 Å². The lowest BCUT2D eigenvalue weighted by molar-refractivity contribution is -0.137. The Balaban J connectivity index is 2.64. The van der Waals surface area contributed by atoms with Gasteiger partial charge in [0.2, 0.25) is 0 Å². The fourth-order valence-corrected chi connectivity index (χ4v) is 1.16. The molecule has 1 N–H and O–H groups in total. The molecule has 76 valence electrons. The van der Waals surface area contributed by atoms with Gasteiger partial charge in [-0.15, -0.1) is 0 Å². The lowest BCUT2D eigenvalue weighted by Gasteiger charge is -2.07. The molecule has 0 aliphatic rings. The van der Waals surface area contributed by atoms with Crippen molar-refractivity contribution >= 4 is 12.0 Å². The van der Waals surface area contributed by atoms with Crippen molar-refractivity contribution in [3.05, 3.63) is 29.7 Å². The number of carboxylic acid groups (broad SMARTS) is 1. The van der Waals surface area contributed by atoms with Crippen molar-refractivity contribution in [3.63, 3.8) is 0 Å². The average Bonchev–Trinajstić information content (AvgIpc) is 2.55. The SMILES string of the molecule is C/C(=C\c1ccco1)C(C)CC(=O)O. The molecule has 0 amide bonds. The van der Waals surface area contributed by atoms with Crippen LogP contribution in [0, 0.1) is 5.92 Å². The summed E-state index contributed by atoms with van der Waals surface area (Å²) in [6, 6.07) is 3.65. The maximum Gasteiger partial charge on any atom is 0.303 e. The quantitative estimate of drug-likeness (QED) is 0.801. The Morgan fingerprint density at radius 3 is 2.93 bits per heavy atom. The summed E-state index contributed by atoms with van der Waals surface area (Å²) < 4.78 is 5.14. The highest BCUT2D eigenvalue weighted by atomic mass is 16.4. The summed E-state index contributed by atoms with van der Waals surface area (Å²) in [5.41, 5.74) is 1.02. The number of hydrogen-bond donors (Lipinski definition) is 1. The van der Waals surface area contributed by atoms with E-state index in [1.165, 1.54) is 0 Å². The Morgan fingerprint density at radius 2 is 2.43 bits per heavy atom. The van der Waals surface area contributed by atoms with Crippen molar-refractivity contribution in [2.75, 3.05) is 0 Å². The summed E-state index contributed by atoms with van der Waals surface area (Å²) in [4.78, 5) is 10.5. The molecule has 0 radical (unpaired) electrons. The van der Waals surface area contributed by atoms with Gasteiger partial charge in [0.05, 0.1) is 12.7 Å². The van der Waals surface area contributed by atoms with Crippen LogP contribution in [0.5, 0.6) is 0 Å². The van der Waals surface area contributed by atoms with Crippen molar-refractivity contribution in [3.8, 4) is 0 Å². The van der Waals surface area contributed by atoms with Crippen molar-refractivity contribution in [1.82, 2.24) is 0 Å². The molecule has 1 rings (SSSR count). The van der Waals surface area contributed by atoms with Gasteiger partial charge in [0.1, 0.15) is 5.76 Å². The lowest BCUT2D eigenvalue weighted by Crippen LogP contribution is -2.04. The van der Waals surface area contributed by atoms with E-state index < -0.39 is 5.97 Å². The number of carbonyl (C=O) groups is 1. The Labute approximate surface area is 83.0 Å². The Morgan fingerprint density at radius 1 is 1.71 bits per heavy atom. The van der Waals surface area contributed by atoms with Crippen LogP contribution in [0.2, 0.25) is 0 Å². The van der Waals surface area contributed by atoms with Gasteiger partial charge in [0.25, 0.3) is 0 Å². The molecule has 0 saturated carbocycles. The zero-order chi connectivity index (χ0) is 10.6. The molecule has 1 aromatic rings. The van der Waals surface area contributed by atoms with Crippen LogP contribution in [0.3, 0.4) is 0 Å². The normalized spacial score (nSPS) is 14.0. The number of hydrogen-bond acceptors (Lipinski definition) is 2. The molecule has 1 unspecified atom stereocenters. The Bertz CT molecular complexity index is 322. The number of allylic oxidation sites excluding steroid dienone is 1. The molecule has 1 atom stereocenters. The first-order valence-electron chi connectivity index (χ1n) is 4.53. The molecule has 14 heavy (non-hydrogen) atoms. The zero-order valence-electron chi connectivity index (χ0n) is 8.36. The molecule has 0 aliphatic heterocycles. The van der Waals surface area contributed by atoms with Crippen molar-refractivity contribution in [1.29, 1.82) is 0 Å². The van der Waals surface area contributed by atoms with Gasteiger partial charge in [-0.05, 0) is 31.1 Å². The standard InChI is InChI=1S/C11H14O3/c1-8(9(2)7-11(12)13)6-10-4-3-5-14-10/h3-6,9H,7H2,1-2H3,(H,12,13)/b8-6+. The van der Waals surface area contributed by atoms with Crippen molar-refractivity contribution in [2.24, 2.45) is 5.92 Å². The molecular weight excluding hydrogens is 180 g/mol. The third kappa shape index (κ3) is 3.09. The molecular formula is C11H14O3. The predicted molar refractivity (Wildman–Crippen MR) is 53.8 cm³/mol. The van der Waals surface area contributed by atoms with Gasteiger partial charge in [-0.3, -0.25) is 4.79 Å². The van der Waals surface area contributed by atoms with E-state index in [0.717, 1.165) is 11.3 Å². The molecule has 0 aromatic carbocycles. The van der Waals surface area contributed by atoms with E-state index in [-0.39, 0.29) is 12.3 Å². The van der Waals surface area contributed by atoms with Crippen LogP contribution in [0.25, 0.3) is 6.08 Å². The highest BCUT2D eigenvalue weighted by molar-refractivity contribution is 5.68. The van der Waals surface area contributed by atoms with Gasteiger partial charge in [0.15, 0.2) is 0 Å². The molecule has 0 aliphatic carbocycles. The molecule has 0 bridgehead atoms. The van der Waals surface area contributed by atoms with Crippen molar-refractivity contribution < 1.29 is 14.3 Å². The highest BCUT2D eigenvalue weighted by Gasteiger charge is 2.09. The van der Waals surface area contributed by atoms with Gasteiger partial charge in [-0.1, -0.05) is 12.5 Å². The van der Waals surface area contributed by atoms with Crippen LogP contribution >= 0.6 is 0 Å². The summed E-state index contributed by atoms with van der Waals surface area (Å²) >= 11 is 0. The third-order valence-corrected chi connectivity index (χ3v) is 2.17. The second kappa shape index (κ2) is 4.65. The number of aliphatic carboxylic acids is 1. The van der Waals surface area contributed by atoms with E-state index in [2.05, 4.69) is 0 Å². The third-order valence-electron chi connectivity index (χ3n) is 2.17. The van der Waals surface area contributed by atoms with E-state index in [4.69, 9.17) is 9.52 Å². The van der Waals surface area contributed by atoms with Crippen LogP contribution in [-0.4, -0.2) is 11.1 Å². The monoisotopic (exact) mass is 194 g/mol. The number of furan rings is 1. The molecule has 0 saturated heterocycles. The van der Waals surface area contributed by atoms with Crippen LogP contribution in [0.4, 0.5) is 0 Å². The van der Waals surface area contributed by atoms with Crippen LogP contribution < -0.4 is 0 Å². The molecule has 0 spiro atoms. The van der Waals surface area contributed by atoms with Gasteiger partial charge in [0, 0.05) is 0 Å². The largest absolute Gasteiger partial charge is 0.481 e. The Kier molecular flexibility index (Phi) is 3.51. The first-order valence-corrected chi connectivity index (χ1v) is 4.53. The maximum atomic E-state index is 10.5. The summed E-state index contributed by atoms with van der Waals surface area (Å²) in [7, 11) is 0. The number of carboxylic acids is 1. The molecule has 3 heteroatoms. The van der Waals surface area contributed by atoms with Crippen LogP contribution in [0.1, 0.15) is 26.0 Å². The van der Waals surface area contributed by atoms with Crippen LogP contribution in [-0.2, 0) is 4.79 Å². The zero-order valence-corrected chi connectivity index (χ0v) is 8.36. The minimum atomic E-state index is -0.773. The average molecular weight is 194 g/mol. The van der Waals surface area contributed by atoms with Gasteiger partial charge >= 0.3 is 5.97 Å². The van der Waals surface area contributed by atoms with E-state index in [0.29, 0.717) is 0 Å². The topological polar surface area (TPSA) is 50.4 Å². The molecule has 1 aromatic heterocycles. The predicted octanol–water partition coefficient (Wildman–Crippen LogP) is 2.79.